The number of aliphatic imine (C=N–C) groups is 1. The van der Waals surface area contributed by atoms with Gasteiger partial charge < -0.3 is 20.1 Å². The van der Waals surface area contributed by atoms with Crippen LogP contribution in [0.25, 0.3) is 0 Å². The number of nitrogens with zero attached hydrogens (tertiary/aromatic N) is 2. The Balaban J connectivity index is 0.00000320. The van der Waals surface area contributed by atoms with Crippen molar-refractivity contribution in [1.29, 1.82) is 0 Å². The molecule has 1 aliphatic rings. The van der Waals surface area contributed by atoms with Crippen molar-refractivity contribution in [3.05, 3.63) is 59.7 Å². The number of hydrogen-bond acceptors (Lipinski definition) is 4. The highest BCUT2D eigenvalue weighted by Gasteiger charge is 2.26. The molecule has 1 aliphatic heterocycles. The van der Waals surface area contributed by atoms with Crippen LogP contribution in [0.5, 0.6) is 11.5 Å². The summed E-state index contributed by atoms with van der Waals surface area (Å²) in [5.74, 6) is 2.58. The second kappa shape index (κ2) is 12.6. The van der Waals surface area contributed by atoms with Crippen molar-refractivity contribution in [2.75, 3.05) is 40.9 Å². The number of halogens is 1. The summed E-state index contributed by atoms with van der Waals surface area (Å²) >= 11 is 0. The average Bonchev–Trinajstić information content (AvgIpc) is 3.31. The van der Waals surface area contributed by atoms with Gasteiger partial charge in [-0.1, -0.05) is 36.4 Å². The van der Waals surface area contributed by atoms with E-state index in [4.69, 9.17) is 9.47 Å². The average molecular weight is 524 g/mol. The number of rotatable bonds is 8. The van der Waals surface area contributed by atoms with Crippen molar-refractivity contribution in [2.45, 2.75) is 25.4 Å². The van der Waals surface area contributed by atoms with E-state index in [0.29, 0.717) is 6.54 Å². The Morgan fingerprint density at radius 3 is 2.27 bits per heavy atom. The molecule has 0 radical (unpaired) electrons. The fraction of sp³-hybridized carbons (Fsp3) is 0.435. The molecule has 0 spiro atoms. The van der Waals surface area contributed by atoms with Crippen LogP contribution in [0.1, 0.15) is 30.0 Å². The standard InChI is InChI=1S/C23H32N4O2.HI/c1-24-23(25-16-18-10-4-6-12-21(18)28-2)26-17-20(27-14-8-9-15-27)19-11-5-7-13-22(19)29-3;/h4-7,10-13,20H,8-9,14-17H2,1-3H3,(H2,24,25,26);1H. The monoisotopic (exact) mass is 524 g/mol. The molecule has 1 fully saturated rings. The van der Waals surface area contributed by atoms with Gasteiger partial charge in [0, 0.05) is 31.3 Å². The number of para-hydroxylation sites is 2. The molecule has 164 valence electrons. The molecule has 3 rings (SSSR count). The Morgan fingerprint density at radius 2 is 1.60 bits per heavy atom. The summed E-state index contributed by atoms with van der Waals surface area (Å²) in [4.78, 5) is 6.92. The molecule has 0 aromatic heterocycles. The largest absolute Gasteiger partial charge is 0.496 e. The summed E-state index contributed by atoms with van der Waals surface area (Å²) in [6.07, 6.45) is 2.48. The SMILES string of the molecule is CN=C(NCc1ccccc1OC)NCC(c1ccccc1OC)N1CCCC1.I. The van der Waals surface area contributed by atoms with E-state index in [1.807, 2.05) is 30.3 Å². The lowest BCUT2D eigenvalue weighted by Gasteiger charge is -2.30. The normalized spacial score (nSPS) is 15.2. The molecule has 1 unspecified atom stereocenters. The van der Waals surface area contributed by atoms with Crippen LogP contribution in [0.4, 0.5) is 0 Å². The van der Waals surface area contributed by atoms with Crippen LogP contribution in [0, 0.1) is 0 Å². The van der Waals surface area contributed by atoms with Crippen molar-refractivity contribution in [1.82, 2.24) is 15.5 Å². The zero-order valence-corrected chi connectivity index (χ0v) is 20.4. The van der Waals surface area contributed by atoms with Gasteiger partial charge >= 0.3 is 0 Å². The molecule has 7 heteroatoms. The lowest BCUT2D eigenvalue weighted by Crippen LogP contribution is -2.42. The highest BCUT2D eigenvalue weighted by molar-refractivity contribution is 14.0. The van der Waals surface area contributed by atoms with Crippen LogP contribution in [-0.2, 0) is 6.54 Å². The van der Waals surface area contributed by atoms with E-state index in [9.17, 15) is 0 Å². The van der Waals surface area contributed by atoms with Crippen LogP contribution in [-0.4, -0.2) is 51.8 Å². The summed E-state index contributed by atoms with van der Waals surface area (Å²) in [7, 11) is 5.23. The topological polar surface area (TPSA) is 58.1 Å². The molecular formula is C23H33IN4O2. The molecule has 6 nitrogen and oxygen atoms in total. The molecule has 1 heterocycles. The first-order valence-electron chi connectivity index (χ1n) is 10.2. The van der Waals surface area contributed by atoms with Gasteiger partial charge in [-0.2, -0.15) is 0 Å². The van der Waals surface area contributed by atoms with Crippen LogP contribution in [0.2, 0.25) is 0 Å². The Labute approximate surface area is 197 Å². The smallest absolute Gasteiger partial charge is 0.191 e. The summed E-state index contributed by atoms with van der Waals surface area (Å²) in [5.41, 5.74) is 2.31. The fourth-order valence-corrected chi connectivity index (χ4v) is 3.87. The Morgan fingerprint density at radius 1 is 0.967 bits per heavy atom. The zero-order valence-electron chi connectivity index (χ0n) is 18.1. The lowest BCUT2D eigenvalue weighted by molar-refractivity contribution is 0.239. The minimum Gasteiger partial charge on any atom is -0.496 e. The predicted octanol–water partition coefficient (Wildman–Crippen LogP) is 3.82. The van der Waals surface area contributed by atoms with E-state index >= 15 is 0 Å². The molecule has 30 heavy (non-hydrogen) atoms. The highest BCUT2D eigenvalue weighted by Crippen LogP contribution is 2.31. The van der Waals surface area contributed by atoms with Crippen molar-refractivity contribution in [3.63, 3.8) is 0 Å². The minimum atomic E-state index is 0. The Hall–Kier alpha value is -2.00. The van der Waals surface area contributed by atoms with Crippen molar-refractivity contribution in [3.8, 4) is 11.5 Å². The van der Waals surface area contributed by atoms with Gasteiger partial charge in [0.05, 0.1) is 20.3 Å². The van der Waals surface area contributed by atoms with Gasteiger partial charge in [0.1, 0.15) is 11.5 Å². The number of benzene rings is 2. The zero-order chi connectivity index (χ0) is 20.5. The molecule has 2 aromatic rings. The fourth-order valence-electron chi connectivity index (χ4n) is 3.87. The number of nitrogens with one attached hydrogen (secondary N) is 2. The third-order valence-electron chi connectivity index (χ3n) is 5.40. The van der Waals surface area contributed by atoms with E-state index < -0.39 is 0 Å². The van der Waals surface area contributed by atoms with Crippen LogP contribution in [0.3, 0.4) is 0 Å². The van der Waals surface area contributed by atoms with E-state index in [2.05, 4.69) is 38.7 Å². The molecule has 0 amide bonds. The molecule has 2 aromatic carbocycles. The van der Waals surface area contributed by atoms with Gasteiger partial charge in [0.15, 0.2) is 5.96 Å². The van der Waals surface area contributed by atoms with Crippen LogP contribution < -0.4 is 20.1 Å². The first-order valence-corrected chi connectivity index (χ1v) is 10.2. The summed E-state index contributed by atoms with van der Waals surface area (Å²) in [5, 5.41) is 6.90. The van der Waals surface area contributed by atoms with E-state index in [1.165, 1.54) is 18.4 Å². The number of methoxy groups -OCH3 is 2. The maximum atomic E-state index is 5.64. The van der Waals surface area contributed by atoms with Crippen molar-refractivity contribution >= 4 is 29.9 Å². The molecule has 1 atom stereocenters. The van der Waals surface area contributed by atoms with Crippen LogP contribution >= 0.6 is 24.0 Å². The maximum Gasteiger partial charge on any atom is 0.191 e. The number of guanidine groups is 1. The summed E-state index contributed by atoms with van der Waals surface area (Å²) in [6.45, 7) is 3.62. The third kappa shape index (κ3) is 6.25. The molecule has 0 saturated carbocycles. The summed E-state index contributed by atoms with van der Waals surface area (Å²) in [6, 6.07) is 16.5. The predicted molar refractivity (Wildman–Crippen MR) is 133 cm³/mol. The minimum absolute atomic E-state index is 0. The van der Waals surface area contributed by atoms with Gasteiger partial charge in [-0.3, -0.25) is 9.89 Å². The van der Waals surface area contributed by atoms with Gasteiger partial charge in [0.2, 0.25) is 0 Å². The number of ether oxygens (including phenoxy) is 2. The molecular weight excluding hydrogens is 491 g/mol. The number of likely N-dealkylation sites (tertiary alicyclic amines) is 1. The van der Waals surface area contributed by atoms with E-state index in [-0.39, 0.29) is 30.0 Å². The highest BCUT2D eigenvalue weighted by atomic mass is 127. The van der Waals surface area contributed by atoms with E-state index in [1.54, 1.807) is 21.3 Å². The second-order valence-corrected chi connectivity index (χ2v) is 7.12. The van der Waals surface area contributed by atoms with E-state index in [0.717, 1.165) is 42.7 Å². The van der Waals surface area contributed by atoms with Gasteiger partial charge in [-0.05, 0) is 38.1 Å². The first-order chi connectivity index (χ1) is 14.3. The summed E-state index contributed by atoms with van der Waals surface area (Å²) < 4.78 is 11.1. The molecule has 1 saturated heterocycles. The third-order valence-corrected chi connectivity index (χ3v) is 5.40. The molecule has 0 bridgehead atoms. The molecule has 2 N–H and O–H groups in total. The maximum absolute atomic E-state index is 5.64. The van der Waals surface area contributed by atoms with Gasteiger partial charge in [-0.15, -0.1) is 24.0 Å². The first kappa shape index (κ1) is 24.3. The van der Waals surface area contributed by atoms with Crippen molar-refractivity contribution in [2.24, 2.45) is 4.99 Å². The quantitative estimate of drug-likeness (QED) is 0.313. The lowest BCUT2D eigenvalue weighted by atomic mass is 10.0. The van der Waals surface area contributed by atoms with Gasteiger partial charge in [0.25, 0.3) is 0 Å². The Bertz CT molecular complexity index is 809. The molecule has 0 aliphatic carbocycles. The Kier molecular flexibility index (Phi) is 10.2. The van der Waals surface area contributed by atoms with Gasteiger partial charge in [-0.25, -0.2) is 0 Å². The number of hydrogen-bond donors (Lipinski definition) is 2. The van der Waals surface area contributed by atoms with Crippen molar-refractivity contribution < 1.29 is 9.47 Å². The second-order valence-electron chi connectivity index (χ2n) is 7.12. The van der Waals surface area contributed by atoms with Crippen LogP contribution in [0.15, 0.2) is 53.5 Å².